The summed E-state index contributed by atoms with van der Waals surface area (Å²) in [6.45, 7) is 7.86. The van der Waals surface area contributed by atoms with E-state index in [1.165, 1.54) is 20.9 Å². The third-order valence-electron chi connectivity index (χ3n) is 4.60. The molecule has 1 saturated heterocycles. The molecule has 1 aliphatic heterocycles. The molecular weight excluding hydrogens is 304 g/mol. The van der Waals surface area contributed by atoms with Crippen LogP contribution in [-0.4, -0.2) is 19.0 Å². The highest BCUT2D eigenvalue weighted by molar-refractivity contribution is 7.12. The monoisotopic (exact) mass is 328 g/mol. The van der Waals surface area contributed by atoms with Gasteiger partial charge in [0.1, 0.15) is 0 Å². The molecule has 3 rings (SSSR count). The number of hydrogen-bond donors (Lipinski definition) is 2. The molecule has 122 valence electrons. The number of aryl methyl sites for hydroxylation is 2. The zero-order chi connectivity index (χ0) is 16.4. The first-order valence-corrected chi connectivity index (χ1v) is 9.00. The minimum atomic E-state index is 0.00113. The Bertz CT molecular complexity index is 677. The first-order chi connectivity index (χ1) is 11.0. The highest BCUT2D eigenvalue weighted by atomic mass is 32.1. The minimum absolute atomic E-state index is 0.00113. The maximum atomic E-state index is 12.7. The molecule has 23 heavy (non-hydrogen) atoms. The highest BCUT2D eigenvalue weighted by Crippen LogP contribution is 2.30. The zero-order valence-electron chi connectivity index (χ0n) is 13.9. The fourth-order valence-electron chi connectivity index (χ4n) is 3.20. The van der Waals surface area contributed by atoms with Gasteiger partial charge in [0, 0.05) is 28.8 Å². The van der Waals surface area contributed by atoms with Gasteiger partial charge >= 0.3 is 0 Å². The summed E-state index contributed by atoms with van der Waals surface area (Å²) in [6, 6.07) is 12.8. The molecule has 1 aliphatic rings. The van der Waals surface area contributed by atoms with Gasteiger partial charge in [-0.05, 0) is 38.5 Å². The van der Waals surface area contributed by atoms with E-state index >= 15 is 0 Å². The van der Waals surface area contributed by atoms with Gasteiger partial charge in [0.2, 0.25) is 5.91 Å². The fourth-order valence-corrected chi connectivity index (χ4v) is 4.08. The number of carbonyl (C=O) groups excluding carboxylic acids is 1. The molecule has 1 aromatic carbocycles. The van der Waals surface area contributed by atoms with E-state index in [0.29, 0.717) is 0 Å². The van der Waals surface area contributed by atoms with Crippen molar-refractivity contribution in [3.8, 4) is 0 Å². The van der Waals surface area contributed by atoms with Crippen LogP contribution < -0.4 is 10.6 Å². The van der Waals surface area contributed by atoms with Crippen LogP contribution >= 0.6 is 11.3 Å². The number of nitrogens with one attached hydrogen (secondary N) is 2. The second kappa shape index (κ2) is 6.85. The molecule has 2 heterocycles. The van der Waals surface area contributed by atoms with Gasteiger partial charge in [0.25, 0.3) is 0 Å². The fraction of sp³-hybridized carbons (Fsp3) is 0.421. The van der Waals surface area contributed by atoms with E-state index < -0.39 is 0 Å². The lowest BCUT2D eigenvalue weighted by Gasteiger charge is -2.21. The Morgan fingerprint density at radius 1 is 1.17 bits per heavy atom. The van der Waals surface area contributed by atoms with Crippen LogP contribution in [0.15, 0.2) is 36.4 Å². The number of thiophene rings is 1. The Labute approximate surface area is 142 Å². The van der Waals surface area contributed by atoms with Crippen LogP contribution in [0.2, 0.25) is 0 Å². The number of carbonyl (C=O) groups is 1. The molecule has 0 radical (unpaired) electrons. The molecule has 1 unspecified atom stereocenters. The number of benzene rings is 1. The van der Waals surface area contributed by atoms with Crippen LogP contribution in [0.3, 0.4) is 0 Å². The summed E-state index contributed by atoms with van der Waals surface area (Å²) < 4.78 is 0. The molecule has 2 aromatic rings. The quantitative estimate of drug-likeness (QED) is 0.901. The van der Waals surface area contributed by atoms with Gasteiger partial charge in [0.05, 0.1) is 12.0 Å². The number of hydrogen-bond acceptors (Lipinski definition) is 3. The Hall–Kier alpha value is -1.65. The largest absolute Gasteiger partial charge is 0.348 e. The van der Waals surface area contributed by atoms with Crippen LogP contribution in [0.25, 0.3) is 0 Å². The first-order valence-electron chi connectivity index (χ1n) is 8.18. The second-order valence-corrected chi connectivity index (χ2v) is 7.78. The lowest BCUT2D eigenvalue weighted by molar-refractivity contribution is -0.125. The lowest BCUT2D eigenvalue weighted by Crippen LogP contribution is -2.35. The van der Waals surface area contributed by atoms with E-state index in [2.05, 4.69) is 67.8 Å². The minimum Gasteiger partial charge on any atom is -0.348 e. The van der Waals surface area contributed by atoms with Gasteiger partial charge in [-0.25, -0.2) is 0 Å². The van der Waals surface area contributed by atoms with Gasteiger partial charge in [-0.3, -0.25) is 4.79 Å². The summed E-state index contributed by atoms with van der Waals surface area (Å²) in [7, 11) is 0. The first kappa shape index (κ1) is 16.2. The van der Waals surface area contributed by atoms with Gasteiger partial charge in [-0.15, -0.1) is 11.3 Å². The summed E-state index contributed by atoms with van der Waals surface area (Å²) in [6.07, 6.45) is 0. The van der Waals surface area contributed by atoms with Crippen molar-refractivity contribution in [2.24, 2.45) is 5.92 Å². The third kappa shape index (κ3) is 3.65. The molecule has 2 N–H and O–H groups in total. The van der Waals surface area contributed by atoms with E-state index in [-0.39, 0.29) is 23.8 Å². The second-order valence-electron chi connectivity index (χ2n) is 6.46. The number of rotatable bonds is 4. The molecule has 0 spiro atoms. The van der Waals surface area contributed by atoms with Crippen molar-refractivity contribution in [2.75, 3.05) is 13.1 Å². The Balaban J connectivity index is 1.69. The van der Waals surface area contributed by atoms with Crippen LogP contribution in [-0.2, 0) is 4.79 Å². The van der Waals surface area contributed by atoms with E-state index in [0.717, 1.165) is 13.1 Å². The Morgan fingerprint density at radius 2 is 1.91 bits per heavy atom. The molecule has 1 aromatic heterocycles. The van der Waals surface area contributed by atoms with E-state index in [1.807, 2.05) is 0 Å². The molecule has 3 nitrogen and oxygen atoms in total. The van der Waals surface area contributed by atoms with Gasteiger partial charge in [-0.1, -0.05) is 29.8 Å². The van der Waals surface area contributed by atoms with Crippen LogP contribution in [0, 0.1) is 19.8 Å². The molecule has 0 saturated carbocycles. The van der Waals surface area contributed by atoms with Crippen LogP contribution in [0.4, 0.5) is 0 Å². The molecule has 1 fully saturated rings. The van der Waals surface area contributed by atoms with Crippen LogP contribution in [0.5, 0.6) is 0 Å². The van der Waals surface area contributed by atoms with Gasteiger partial charge < -0.3 is 10.6 Å². The molecule has 4 heteroatoms. The maximum Gasteiger partial charge on any atom is 0.225 e. The van der Waals surface area contributed by atoms with Crippen molar-refractivity contribution in [3.05, 3.63) is 57.3 Å². The lowest BCUT2D eigenvalue weighted by atomic mass is 9.88. The SMILES string of the molecule is Cc1ccc(C2CNC[C@H]2C(=O)N[C@@H](C)c2ccc(C)s2)cc1. The molecule has 3 atom stereocenters. The molecule has 1 amide bonds. The third-order valence-corrected chi connectivity index (χ3v) is 5.79. The van der Waals surface area contributed by atoms with Gasteiger partial charge in [0.15, 0.2) is 0 Å². The van der Waals surface area contributed by atoms with Crippen molar-refractivity contribution in [1.82, 2.24) is 10.6 Å². The normalized spacial score (nSPS) is 22.0. The summed E-state index contributed by atoms with van der Waals surface area (Å²) in [5.41, 5.74) is 2.50. The van der Waals surface area contributed by atoms with Crippen molar-refractivity contribution >= 4 is 17.2 Å². The van der Waals surface area contributed by atoms with Crippen molar-refractivity contribution < 1.29 is 4.79 Å². The standard InChI is InChI=1S/C19H24N2OS/c1-12-4-7-15(8-5-12)16-10-20-11-17(16)19(22)21-14(3)18-9-6-13(2)23-18/h4-9,14,16-17,20H,10-11H2,1-3H3,(H,21,22)/t14-,16?,17+/m0/s1. The van der Waals surface area contributed by atoms with E-state index in [1.54, 1.807) is 11.3 Å². The Kier molecular flexibility index (Phi) is 4.83. The van der Waals surface area contributed by atoms with Crippen molar-refractivity contribution in [3.63, 3.8) is 0 Å². The molecule has 0 aliphatic carbocycles. The van der Waals surface area contributed by atoms with Crippen LogP contribution in [0.1, 0.15) is 39.8 Å². The average molecular weight is 328 g/mol. The summed E-state index contributed by atoms with van der Waals surface area (Å²) >= 11 is 1.75. The highest BCUT2D eigenvalue weighted by Gasteiger charge is 2.34. The Morgan fingerprint density at radius 3 is 2.57 bits per heavy atom. The summed E-state index contributed by atoms with van der Waals surface area (Å²) in [5.74, 6) is 0.410. The summed E-state index contributed by atoms with van der Waals surface area (Å²) in [5, 5.41) is 6.57. The van der Waals surface area contributed by atoms with Crippen molar-refractivity contribution in [1.29, 1.82) is 0 Å². The molecular formula is C19H24N2OS. The number of amides is 1. The van der Waals surface area contributed by atoms with Crippen molar-refractivity contribution in [2.45, 2.75) is 32.7 Å². The average Bonchev–Trinajstić information content (AvgIpc) is 3.17. The topological polar surface area (TPSA) is 41.1 Å². The predicted molar refractivity (Wildman–Crippen MR) is 95.9 cm³/mol. The smallest absolute Gasteiger partial charge is 0.225 e. The molecule has 0 bridgehead atoms. The summed E-state index contributed by atoms with van der Waals surface area (Å²) in [4.78, 5) is 15.2. The van der Waals surface area contributed by atoms with E-state index in [9.17, 15) is 4.79 Å². The predicted octanol–water partition coefficient (Wildman–Crippen LogP) is 3.55. The zero-order valence-corrected chi connectivity index (χ0v) is 14.7. The maximum absolute atomic E-state index is 12.7. The van der Waals surface area contributed by atoms with E-state index in [4.69, 9.17) is 0 Å². The van der Waals surface area contributed by atoms with Gasteiger partial charge in [-0.2, -0.15) is 0 Å².